The molecule has 0 unspecified atom stereocenters. The number of nitrogens with zero attached hydrogens (tertiary/aromatic N) is 1. The van der Waals surface area contributed by atoms with Crippen LogP contribution in [-0.2, 0) is 5.41 Å². The Balaban J connectivity index is 1.80. The normalized spacial score (nSPS) is 14.2. The van der Waals surface area contributed by atoms with Crippen LogP contribution in [0.15, 0.2) is 66.7 Å². The van der Waals surface area contributed by atoms with E-state index in [1.165, 1.54) is 27.8 Å². The average molecular weight is 314 g/mol. The van der Waals surface area contributed by atoms with Crippen molar-refractivity contribution in [1.29, 1.82) is 0 Å². The van der Waals surface area contributed by atoms with E-state index in [9.17, 15) is 0 Å². The van der Waals surface area contributed by atoms with E-state index in [4.69, 9.17) is 5.84 Å². The number of hydrazine groups is 1. The Hall–Kier alpha value is -2.58. The lowest BCUT2D eigenvalue weighted by molar-refractivity contribution is 0.660. The second-order valence-corrected chi connectivity index (χ2v) is 7.11. The molecule has 2 N–H and O–H groups in total. The van der Waals surface area contributed by atoms with Gasteiger partial charge in [0.1, 0.15) is 0 Å². The maximum Gasteiger partial charge on any atom is 0.0578 e. The smallest absolute Gasteiger partial charge is 0.0578 e. The lowest BCUT2D eigenvalue weighted by Crippen LogP contribution is -2.25. The van der Waals surface area contributed by atoms with Gasteiger partial charge in [-0.2, -0.15) is 0 Å². The van der Waals surface area contributed by atoms with Crippen LogP contribution in [0.3, 0.4) is 0 Å². The Kier molecular flexibility index (Phi) is 3.26. The quantitative estimate of drug-likeness (QED) is 0.513. The third-order valence-electron chi connectivity index (χ3n) is 5.16. The van der Waals surface area contributed by atoms with Crippen molar-refractivity contribution in [2.45, 2.75) is 26.2 Å². The number of nitrogens with two attached hydrogens (primary N) is 1. The van der Waals surface area contributed by atoms with E-state index < -0.39 is 0 Å². The zero-order valence-electron chi connectivity index (χ0n) is 14.4. The summed E-state index contributed by atoms with van der Waals surface area (Å²) in [5.74, 6) is 6.39. The molecule has 0 fully saturated rings. The molecular formula is C22H22N2. The van der Waals surface area contributed by atoms with Crippen LogP contribution in [0.5, 0.6) is 0 Å². The van der Waals surface area contributed by atoms with Gasteiger partial charge in [0.2, 0.25) is 0 Å². The highest BCUT2D eigenvalue weighted by atomic mass is 15.4. The number of rotatable bonds is 2. The van der Waals surface area contributed by atoms with Crippen LogP contribution in [0.25, 0.3) is 11.1 Å². The first-order valence-electron chi connectivity index (χ1n) is 8.34. The summed E-state index contributed by atoms with van der Waals surface area (Å²) in [6.45, 7) is 6.65. The molecule has 0 bridgehead atoms. The molecule has 0 radical (unpaired) electrons. The second-order valence-electron chi connectivity index (χ2n) is 7.11. The van der Waals surface area contributed by atoms with Crippen LogP contribution in [-0.4, -0.2) is 0 Å². The Morgan fingerprint density at radius 2 is 1.38 bits per heavy atom. The van der Waals surface area contributed by atoms with Crippen molar-refractivity contribution in [3.05, 3.63) is 83.4 Å². The van der Waals surface area contributed by atoms with Crippen molar-refractivity contribution in [2.75, 3.05) is 5.01 Å². The molecule has 2 heteroatoms. The minimum absolute atomic E-state index is 0.00392. The van der Waals surface area contributed by atoms with E-state index in [2.05, 4.69) is 87.5 Å². The third-order valence-corrected chi connectivity index (χ3v) is 5.16. The van der Waals surface area contributed by atoms with E-state index in [0.29, 0.717) is 0 Å². The molecule has 0 spiro atoms. The summed E-state index contributed by atoms with van der Waals surface area (Å²) in [6.07, 6.45) is 0. The predicted octanol–water partition coefficient (Wildman–Crippen LogP) is 5.31. The Morgan fingerprint density at radius 3 is 2.12 bits per heavy atom. The highest BCUT2D eigenvalue weighted by Gasteiger charge is 2.35. The molecule has 0 saturated heterocycles. The third kappa shape index (κ3) is 2.15. The molecule has 4 rings (SSSR count). The lowest BCUT2D eigenvalue weighted by atomic mass is 9.82. The minimum Gasteiger partial charge on any atom is -0.280 e. The van der Waals surface area contributed by atoms with Gasteiger partial charge in [0.05, 0.1) is 11.4 Å². The Bertz CT molecular complexity index is 908. The van der Waals surface area contributed by atoms with Gasteiger partial charge in [-0.3, -0.25) is 5.01 Å². The molecule has 3 aromatic rings. The van der Waals surface area contributed by atoms with Crippen molar-refractivity contribution in [3.8, 4) is 11.1 Å². The summed E-state index contributed by atoms with van der Waals surface area (Å²) < 4.78 is 0. The number of hydrogen-bond donors (Lipinski definition) is 1. The van der Waals surface area contributed by atoms with Gasteiger partial charge >= 0.3 is 0 Å². The van der Waals surface area contributed by atoms with Crippen LogP contribution >= 0.6 is 0 Å². The van der Waals surface area contributed by atoms with Crippen molar-refractivity contribution in [1.82, 2.24) is 0 Å². The molecule has 0 amide bonds. The fourth-order valence-corrected chi connectivity index (χ4v) is 3.70. The van der Waals surface area contributed by atoms with Crippen molar-refractivity contribution in [3.63, 3.8) is 0 Å². The minimum atomic E-state index is -0.00392. The molecule has 2 nitrogen and oxygen atoms in total. The summed E-state index contributed by atoms with van der Waals surface area (Å²) in [5.41, 5.74) is 8.61. The first-order valence-corrected chi connectivity index (χ1v) is 8.34. The number of hydrogen-bond acceptors (Lipinski definition) is 2. The SMILES string of the molecule is Cc1ccc(N(N)c2ccc3c(c2)C(C)(C)c2ccccc2-3)cc1. The highest BCUT2D eigenvalue weighted by Crippen LogP contribution is 2.49. The van der Waals surface area contributed by atoms with Crippen LogP contribution < -0.4 is 10.9 Å². The number of fused-ring (bicyclic) bond motifs is 3. The first kappa shape index (κ1) is 15.0. The van der Waals surface area contributed by atoms with Crippen molar-refractivity contribution >= 4 is 11.4 Å². The van der Waals surface area contributed by atoms with Gasteiger partial charge in [-0.25, -0.2) is 5.84 Å². The maximum absolute atomic E-state index is 6.39. The molecule has 0 atom stereocenters. The van der Waals surface area contributed by atoms with Crippen LogP contribution in [0, 0.1) is 6.92 Å². The molecule has 0 saturated carbocycles. The summed E-state index contributed by atoms with van der Waals surface area (Å²) in [7, 11) is 0. The maximum atomic E-state index is 6.39. The predicted molar refractivity (Wildman–Crippen MR) is 102 cm³/mol. The van der Waals surface area contributed by atoms with Gasteiger partial charge in [-0.15, -0.1) is 0 Å². The average Bonchev–Trinajstić information content (AvgIpc) is 2.83. The number of anilines is 2. The van der Waals surface area contributed by atoms with Gasteiger partial charge in [-0.1, -0.05) is 61.9 Å². The van der Waals surface area contributed by atoms with Gasteiger partial charge in [-0.05, 0) is 53.4 Å². The standard InChI is InChI=1S/C22H22N2/c1-15-8-10-16(11-9-15)24(23)17-12-13-19-18-6-4-5-7-20(18)22(2,3)21(19)14-17/h4-14H,23H2,1-3H3. The summed E-state index contributed by atoms with van der Waals surface area (Å²) in [4.78, 5) is 0. The highest BCUT2D eigenvalue weighted by molar-refractivity contribution is 5.83. The summed E-state index contributed by atoms with van der Waals surface area (Å²) >= 11 is 0. The van der Waals surface area contributed by atoms with Crippen LogP contribution in [0.1, 0.15) is 30.5 Å². The van der Waals surface area contributed by atoms with Gasteiger partial charge < -0.3 is 0 Å². The van der Waals surface area contributed by atoms with E-state index >= 15 is 0 Å². The van der Waals surface area contributed by atoms with E-state index in [-0.39, 0.29) is 5.41 Å². The molecule has 3 aromatic carbocycles. The first-order chi connectivity index (χ1) is 11.5. The second kappa shape index (κ2) is 5.22. The van der Waals surface area contributed by atoms with Gasteiger partial charge in [0.25, 0.3) is 0 Å². The Labute approximate surface area is 143 Å². The molecule has 1 aliphatic carbocycles. The zero-order chi connectivity index (χ0) is 16.9. The lowest BCUT2D eigenvalue weighted by Gasteiger charge is -2.24. The van der Waals surface area contributed by atoms with Crippen LogP contribution in [0.4, 0.5) is 11.4 Å². The van der Waals surface area contributed by atoms with E-state index in [0.717, 1.165) is 11.4 Å². The van der Waals surface area contributed by atoms with Gasteiger partial charge in [0, 0.05) is 5.41 Å². The molecule has 120 valence electrons. The van der Waals surface area contributed by atoms with Crippen molar-refractivity contribution in [2.24, 2.45) is 5.84 Å². The number of benzene rings is 3. The zero-order valence-corrected chi connectivity index (χ0v) is 14.4. The van der Waals surface area contributed by atoms with E-state index in [1.54, 1.807) is 5.01 Å². The summed E-state index contributed by atoms with van der Waals surface area (Å²) in [5, 5.41) is 1.76. The number of aryl methyl sites for hydroxylation is 1. The van der Waals surface area contributed by atoms with E-state index in [1.807, 2.05) is 0 Å². The fourth-order valence-electron chi connectivity index (χ4n) is 3.70. The largest absolute Gasteiger partial charge is 0.280 e. The molecular weight excluding hydrogens is 292 g/mol. The van der Waals surface area contributed by atoms with Gasteiger partial charge in [0.15, 0.2) is 0 Å². The fraction of sp³-hybridized carbons (Fsp3) is 0.182. The topological polar surface area (TPSA) is 29.3 Å². The van der Waals surface area contributed by atoms with Crippen molar-refractivity contribution < 1.29 is 0 Å². The monoisotopic (exact) mass is 314 g/mol. The molecule has 0 aromatic heterocycles. The molecule has 0 heterocycles. The summed E-state index contributed by atoms with van der Waals surface area (Å²) in [6, 6.07) is 23.5. The molecule has 24 heavy (non-hydrogen) atoms. The van der Waals surface area contributed by atoms with Crippen LogP contribution in [0.2, 0.25) is 0 Å². The molecule has 1 aliphatic rings. The molecule has 0 aliphatic heterocycles. The Morgan fingerprint density at radius 1 is 0.750 bits per heavy atom.